The predicted octanol–water partition coefficient (Wildman–Crippen LogP) is 1.46. The van der Waals surface area contributed by atoms with E-state index in [4.69, 9.17) is 10.5 Å². The summed E-state index contributed by atoms with van der Waals surface area (Å²) in [5, 5.41) is 3.02. The molecule has 1 aromatic heterocycles. The average molecular weight is 420 g/mol. The van der Waals surface area contributed by atoms with Crippen LogP contribution in [0.2, 0.25) is 0 Å². The van der Waals surface area contributed by atoms with Crippen LogP contribution in [-0.4, -0.2) is 59.2 Å². The molecule has 3 heterocycles. The highest BCUT2D eigenvalue weighted by Crippen LogP contribution is 2.22. The summed E-state index contributed by atoms with van der Waals surface area (Å²) in [6, 6.07) is 0.625. The van der Waals surface area contributed by atoms with E-state index in [1.807, 2.05) is 6.92 Å². The molecule has 9 heteroatoms. The Morgan fingerprint density at radius 1 is 1.19 bits per heavy atom. The molecule has 27 heavy (non-hydrogen) atoms. The molecule has 154 valence electrons. The number of amides is 1. The number of ether oxygens (including phenoxy) is 1. The molecular weight excluding hydrogens is 389 g/mol. The number of carbonyl (C=O) groups excluding carboxylic acids is 1. The number of rotatable bonds is 4. The van der Waals surface area contributed by atoms with Gasteiger partial charge in [-0.05, 0) is 32.6 Å². The summed E-state index contributed by atoms with van der Waals surface area (Å²) in [7, 11) is 0. The van der Waals surface area contributed by atoms with E-state index in [-0.39, 0.29) is 42.7 Å². The number of carbonyl (C=O) groups is 1. The van der Waals surface area contributed by atoms with Crippen LogP contribution in [0, 0.1) is 12.8 Å². The second-order valence-electron chi connectivity index (χ2n) is 7.20. The van der Waals surface area contributed by atoms with Gasteiger partial charge in [0.05, 0.1) is 30.0 Å². The van der Waals surface area contributed by atoms with Gasteiger partial charge in [0, 0.05) is 44.6 Å². The van der Waals surface area contributed by atoms with Crippen molar-refractivity contribution in [1.82, 2.24) is 20.2 Å². The summed E-state index contributed by atoms with van der Waals surface area (Å²) >= 11 is 0. The molecule has 0 saturated carbocycles. The number of nitrogens with one attached hydrogen (secondary N) is 1. The molecule has 2 fully saturated rings. The molecule has 2 atom stereocenters. The lowest BCUT2D eigenvalue weighted by Gasteiger charge is -2.35. The minimum atomic E-state index is -0.0187. The van der Waals surface area contributed by atoms with Gasteiger partial charge in [0.25, 0.3) is 0 Å². The van der Waals surface area contributed by atoms with Crippen LogP contribution in [-0.2, 0) is 16.1 Å². The molecule has 2 saturated heterocycles. The average Bonchev–Trinajstić information content (AvgIpc) is 2.84. The zero-order valence-corrected chi connectivity index (χ0v) is 17.4. The Kier molecular flexibility index (Phi) is 10.5. The monoisotopic (exact) mass is 419 g/mol. The van der Waals surface area contributed by atoms with Crippen molar-refractivity contribution in [3.8, 4) is 0 Å². The quantitative estimate of drug-likeness (QED) is 0.766. The number of likely N-dealkylation sites (tertiary alicyclic amines) is 1. The Labute approximate surface area is 173 Å². The van der Waals surface area contributed by atoms with Gasteiger partial charge in [-0.15, -0.1) is 24.8 Å². The van der Waals surface area contributed by atoms with Gasteiger partial charge in [-0.1, -0.05) is 0 Å². The Bertz CT molecular complexity index is 569. The van der Waals surface area contributed by atoms with Crippen LogP contribution in [0.3, 0.4) is 0 Å². The van der Waals surface area contributed by atoms with Crippen LogP contribution in [0.25, 0.3) is 0 Å². The third-order valence-corrected chi connectivity index (χ3v) is 5.17. The van der Waals surface area contributed by atoms with Crippen molar-refractivity contribution in [3.05, 3.63) is 23.8 Å². The summed E-state index contributed by atoms with van der Waals surface area (Å²) in [5.41, 5.74) is 7.91. The fraction of sp³-hybridized carbons (Fsp3) is 0.722. The number of nitrogens with zero attached hydrogens (tertiary/aromatic N) is 3. The first-order chi connectivity index (χ1) is 12.1. The maximum Gasteiger partial charge on any atom is 0.224 e. The largest absolute Gasteiger partial charge is 0.381 e. The Balaban J connectivity index is 0.00000182. The van der Waals surface area contributed by atoms with E-state index >= 15 is 0 Å². The van der Waals surface area contributed by atoms with Gasteiger partial charge < -0.3 is 15.8 Å². The van der Waals surface area contributed by atoms with E-state index in [9.17, 15) is 4.79 Å². The second kappa shape index (κ2) is 11.8. The first kappa shape index (κ1) is 24.0. The summed E-state index contributed by atoms with van der Waals surface area (Å²) in [6.07, 6.45) is 7.22. The fourth-order valence-corrected chi connectivity index (χ4v) is 3.65. The number of hydrogen-bond acceptors (Lipinski definition) is 6. The number of halogens is 2. The van der Waals surface area contributed by atoms with E-state index in [1.165, 1.54) is 0 Å². The highest BCUT2D eigenvalue weighted by molar-refractivity contribution is 5.85. The van der Waals surface area contributed by atoms with Crippen molar-refractivity contribution >= 4 is 30.7 Å². The van der Waals surface area contributed by atoms with Crippen molar-refractivity contribution in [2.24, 2.45) is 11.7 Å². The van der Waals surface area contributed by atoms with Crippen LogP contribution in [0.5, 0.6) is 0 Å². The summed E-state index contributed by atoms with van der Waals surface area (Å²) < 4.78 is 5.47. The highest BCUT2D eigenvalue weighted by Gasteiger charge is 2.31. The topological polar surface area (TPSA) is 93.4 Å². The van der Waals surface area contributed by atoms with E-state index in [2.05, 4.69) is 20.2 Å². The predicted molar refractivity (Wildman–Crippen MR) is 109 cm³/mol. The smallest absolute Gasteiger partial charge is 0.224 e. The number of aromatic nitrogens is 2. The molecular formula is C18H31Cl2N5O2. The van der Waals surface area contributed by atoms with Gasteiger partial charge in [0.2, 0.25) is 5.91 Å². The van der Waals surface area contributed by atoms with Gasteiger partial charge in [-0.2, -0.15) is 0 Å². The van der Waals surface area contributed by atoms with Crippen molar-refractivity contribution < 1.29 is 9.53 Å². The third-order valence-electron chi connectivity index (χ3n) is 5.17. The number of nitrogens with two attached hydrogens (primary N) is 1. The van der Waals surface area contributed by atoms with Crippen LogP contribution < -0.4 is 11.1 Å². The van der Waals surface area contributed by atoms with Crippen LogP contribution in [0.4, 0.5) is 0 Å². The fourth-order valence-electron chi connectivity index (χ4n) is 3.65. The lowest BCUT2D eigenvalue weighted by Crippen LogP contribution is -2.47. The molecule has 2 aliphatic rings. The maximum absolute atomic E-state index is 12.7. The molecule has 0 aromatic carbocycles. The highest BCUT2D eigenvalue weighted by atomic mass is 35.5. The third kappa shape index (κ3) is 7.16. The van der Waals surface area contributed by atoms with Crippen molar-refractivity contribution in [3.63, 3.8) is 0 Å². The second-order valence-corrected chi connectivity index (χ2v) is 7.20. The van der Waals surface area contributed by atoms with Gasteiger partial charge in [-0.25, -0.2) is 0 Å². The van der Waals surface area contributed by atoms with Crippen molar-refractivity contribution in [1.29, 1.82) is 0 Å². The summed E-state index contributed by atoms with van der Waals surface area (Å²) in [5.74, 6) is 0.0725. The number of aryl methyl sites for hydroxylation is 1. The molecule has 1 aromatic rings. The van der Waals surface area contributed by atoms with E-state index in [0.29, 0.717) is 12.6 Å². The first-order valence-corrected chi connectivity index (χ1v) is 9.24. The molecule has 0 spiro atoms. The zero-order chi connectivity index (χ0) is 17.6. The van der Waals surface area contributed by atoms with Gasteiger partial charge in [0.15, 0.2) is 0 Å². The molecule has 1 amide bonds. The molecule has 0 radical (unpaired) electrons. The molecule has 0 bridgehead atoms. The summed E-state index contributed by atoms with van der Waals surface area (Å²) in [6.45, 7) is 5.58. The lowest BCUT2D eigenvalue weighted by atomic mass is 10.0. The molecule has 0 unspecified atom stereocenters. The van der Waals surface area contributed by atoms with E-state index in [1.54, 1.807) is 12.4 Å². The summed E-state index contributed by atoms with van der Waals surface area (Å²) in [4.78, 5) is 23.6. The lowest BCUT2D eigenvalue weighted by molar-refractivity contribution is -0.126. The van der Waals surface area contributed by atoms with Crippen LogP contribution in [0.15, 0.2) is 12.4 Å². The molecule has 3 rings (SSSR count). The molecule has 3 N–H and O–H groups in total. The first-order valence-electron chi connectivity index (χ1n) is 9.24. The minimum absolute atomic E-state index is 0. The van der Waals surface area contributed by atoms with Gasteiger partial charge in [-0.3, -0.25) is 19.7 Å². The standard InChI is InChI=1S/C18H29N5O2.2ClH/c1-13-8-21-16(9-20-13)10-22-18(24)14-2-3-15(19)12-23(11-14)17-4-6-25-7-5-17;;/h8-9,14-15,17H,2-7,10-12,19H2,1H3,(H,22,24);2*1H/t14-,15+;;/m1../s1. The Morgan fingerprint density at radius 2 is 1.93 bits per heavy atom. The van der Waals surface area contributed by atoms with Gasteiger partial charge >= 0.3 is 0 Å². The maximum atomic E-state index is 12.7. The Hall–Kier alpha value is -0.990. The number of hydrogen-bond donors (Lipinski definition) is 2. The van der Waals surface area contributed by atoms with Crippen LogP contribution in [0.1, 0.15) is 37.1 Å². The normalized spacial score (nSPS) is 24.2. The van der Waals surface area contributed by atoms with Crippen molar-refractivity contribution in [2.75, 3.05) is 26.3 Å². The minimum Gasteiger partial charge on any atom is -0.381 e. The van der Waals surface area contributed by atoms with Gasteiger partial charge in [0.1, 0.15) is 0 Å². The molecule has 2 aliphatic heterocycles. The molecule has 7 nitrogen and oxygen atoms in total. The van der Waals surface area contributed by atoms with E-state index in [0.717, 1.165) is 63.4 Å². The van der Waals surface area contributed by atoms with Crippen molar-refractivity contribution in [2.45, 2.75) is 51.2 Å². The zero-order valence-electron chi connectivity index (χ0n) is 15.8. The Morgan fingerprint density at radius 3 is 2.59 bits per heavy atom. The molecule has 0 aliphatic carbocycles. The SMILES string of the molecule is Cc1cnc(CNC(=O)[C@@H]2CC[C@H](N)CN(C3CCOCC3)C2)cn1.Cl.Cl. The van der Waals surface area contributed by atoms with E-state index < -0.39 is 0 Å². The van der Waals surface area contributed by atoms with Crippen LogP contribution >= 0.6 is 24.8 Å².